The molecular weight excluding hydrogens is 275 g/mol. The van der Waals surface area contributed by atoms with E-state index in [0.717, 1.165) is 24.7 Å². The van der Waals surface area contributed by atoms with Gasteiger partial charge in [0.1, 0.15) is 5.82 Å². The molecule has 0 aliphatic carbocycles. The molecule has 0 atom stereocenters. The van der Waals surface area contributed by atoms with Crippen LogP contribution >= 0.6 is 0 Å². The Morgan fingerprint density at radius 3 is 2.05 bits per heavy atom. The van der Waals surface area contributed by atoms with Gasteiger partial charge in [0, 0.05) is 19.6 Å². The predicted molar refractivity (Wildman–Crippen MR) is 95.1 cm³/mol. The first-order valence-corrected chi connectivity index (χ1v) is 9.05. The van der Waals surface area contributed by atoms with Crippen molar-refractivity contribution >= 4 is 5.69 Å². The predicted octanol–water partition coefficient (Wildman–Crippen LogP) is 4.80. The van der Waals surface area contributed by atoms with Gasteiger partial charge in [-0.05, 0) is 50.4 Å². The molecule has 2 fully saturated rings. The molecule has 3 heteroatoms. The molecule has 22 heavy (non-hydrogen) atoms. The van der Waals surface area contributed by atoms with Crippen molar-refractivity contribution in [2.24, 2.45) is 5.92 Å². The van der Waals surface area contributed by atoms with Crippen LogP contribution in [0.1, 0.15) is 47.0 Å². The van der Waals surface area contributed by atoms with Crippen LogP contribution in [-0.4, -0.2) is 37.6 Å². The molecule has 2 aliphatic rings. The maximum absolute atomic E-state index is 13.7. The van der Waals surface area contributed by atoms with Crippen LogP contribution in [0.25, 0.3) is 0 Å². The van der Waals surface area contributed by atoms with Crippen LogP contribution in [0.2, 0.25) is 0 Å². The van der Waals surface area contributed by atoms with Crippen molar-refractivity contribution in [1.29, 1.82) is 0 Å². The van der Waals surface area contributed by atoms with Crippen LogP contribution in [0, 0.1) is 11.7 Å². The number of para-hydroxylation sites is 1. The van der Waals surface area contributed by atoms with Gasteiger partial charge in [0.05, 0.1) is 5.69 Å². The van der Waals surface area contributed by atoms with Crippen LogP contribution in [0.15, 0.2) is 24.3 Å². The third-order valence-electron chi connectivity index (χ3n) is 4.27. The number of hydrogen-bond donors (Lipinski definition) is 0. The van der Waals surface area contributed by atoms with Crippen LogP contribution in [0.3, 0.4) is 0 Å². The number of likely N-dealkylation sites (tertiary alicyclic amines) is 1. The molecule has 1 aromatic rings. The standard InChI is InChI=1S/C15H21FN2.2C2H6/c16-14-4-1-2-5-15(14)18-10-6-13(7-11-18)12-17-8-3-9-17;2*1-2/h1-2,4-5,13H,3,6-12H2;2*1-2H3. The molecule has 2 aliphatic heterocycles. The Kier molecular flexibility index (Phi) is 9.14. The third-order valence-corrected chi connectivity index (χ3v) is 4.27. The second kappa shape index (κ2) is 10.6. The normalized spacial score (nSPS) is 18.5. The molecule has 2 saturated heterocycles. The number of rotatable bonds is 3. The lowest BCUT2D eigenvalue weighted by Crippen LogP contribution is -2.44. The van der Waals surface area contributed by atoms with Gasteiger partial charge in [0.2, 0.25) is 0 Å². The highest BCUT2D eigenvalue weighted by molar-refractivity contribution is 5.47. The number of nitrogens with zero attached hydrogens (tertiary/aromatic N) is 2. The largest absolute Gasteiger partial charge is 0.369 e. The fourth-order valence-corrected chi connectivity index (χ4v) is 2.99. The fraction of sp³-hybridized carbons (Fsp3) is 0.684. The molecule has 1 aromatic carbocycles. The van der Waals surface area contributed by atoms with E-state index in [1.54, 1.807) is 12.1 Å². The van der Waals surface area contributed by atoms with Crippen molar-refractivity contribution in [3.05, 3.63) is 30.1 Å². The SMILES string of the molecule is CC.CC.Fc1ccccc1N1CCC(CN2CCC2)CC1. The van der Waals surface area contributed by atoms with Crippen LogP contribution in [-0.2, 0) is 0 Å². The van der Waals surface area contributed by atoms with Crippen molar-refractivity contribution in [2.45, 2.75) is 47.0 Å². The zero-order valence-corrected chi connectivity index (χ0v) is 14.8. The van der Waals surface area contributed by atoms with E-state index in [2.05, 4.69) is 9.80 Å². The summed E-state index contributed by atoms with van der Waals surface area (Å²) in [5.41, 5.74) is 0.778. The molecule has 0 N–H and O–H groups in total. The highest BCUT2D eigenvalue weighted by atomic mass is 19.1. The Hall–Kier alpha value is -1.09. The van der Waals surface area contributed by atoms with Crippen LogP contribution in [0.4, 0.5) is 10.1 Å². The van der Waals surface area contributed by atoms with E-state index in [0.29, 0.717) is 0 Å². The smallest absolute Gasteiger partial charge is 0.146 e. The summed E-state index contributed by atoms with van der Waals surface area (Å²) in [5.74, 6) is 0.729. The Morgan fingerprint density at radius 2 is 1.55 bits per heavy atom. The molecule has 0 amide bonds. The average Bonchev–Trinajstić information content (AvgIpc) is 2.56. The molecule has 2 nitrogen and oxygen atoms in total. The molecule has 0 radical (unpaired) electrons. The Morgan fingerprint density at radius 1 is 0.955 bits per heavy atom. The highest BCUT2D eigenvalue weighted by Gasteiger charge is 2.24. The molecule has 0 unspecified atom stereocenters. The van der Waals surface area contributed by atoms with Gasteiger partial charge < -0.3 is 9.80 Å². The number of anilines is 1. The highest BCUT2D eigenvalue weighted by Crippen LogP contribution is 2.26. The van der Waals surface area contributed by atoms with Crippen LogP contribution < -0.4 is 4.90 Å². The maximum atomic E-state index is 13.7. The fourth-order valence-electron chi connectivity index (χ4n) is 2.99. The second-order valence-electron chi connectivity index (χ2n) is 5.54. The maximum Gasteiger partial charge on any atom is 0.146 e. The van der Waals surface area contributed by atoms with Gasteiger partial charge in [0.15, 0.2) is 0 Å². The number of hydrogen-bond acceptors (Lipinski definition) is 2. The summed E-state index contributed by atoms with van der Waals surface area (Å²) in [7, 11) is 0. The summed E-state index contributed by atoms with van der Waals surface area (Å²) in [6.07, 6.45) is 3.77. The lowest BCUT2D eigenvalue weighted by molar-refractivity contribution is 0.141. The van der Waals surface area contributed by atoms with E-state index in [1.807, 2.05) is 39.8 Å². The van der Waals surface area contributed by atoms with Gasteiger partial charge in [-0.1, -0.05) is 39.8 Å². The molecule has 2 heterocycles. The molecule has 126 valence electrons. The van der Waals surface area contributed by atoms with Gasteiger partial charge in [-0.3, -0.25) is 0 Å². The monoisotopic (exact) mass is 308 g/mol. The van der Waals surface area contributed by atoms with E-state index >= 15 is 0 Å². The lowest BCUT2D eigenvalue weighted by Gasteiger charge is -2.39. The molecule has 0 saturated carbocycles. The van der Waals surface area contributed by atoms with Crippen LogP contribution in [0.5, 0.6) is 0 Å². The number of benzene rings is 1. The Bertz CT molecular complexity index is 396. The summed E-state index contributed by atoms with van der Waals surface area (Å²) in [6, 6.07) is 7.13. The molecular formula is C19H33FN2. The molecule has 0 aromatic heterocycles. The first-order valence-electron chi connectivity index (χ1n) is 9.05. The number of piperidine rings is 1. The van der Waals surface area contributed by atoms with E-state index in [4.69, 9.17) is 0 Å². The quantitative estimate of drug-likeness (QED) is 0.791. The number of halogens is 1. The molecule has 0 bridgehead atoms. The van der Waals surface area contributed by atoms with Gasteiger partial charge in [-0.25, -0.2) is 4.39 Å². The van der Waals surface area contributed by atoms with E-state index in [1.165, 1.54) is 38.9 Å². The van der Waals surface area contributed by atoms with Gasteiger partial charge in [-0.15, -0.1) is 0 Å². The molecule has 0 spiro atoms. The average molecular weight is 308 g/mol. The minimum atomic E-state index is -0.0845. The summed E-state index contributed by atoms with van der Waals surface area (Å²) in [6.45, 7) is 13.8. The summed E-state index contributed by atoms with van der Waals surface area (Å²) in [4.78, 5) is 4.74. The second-order valence-corrected chi connectivity index (χ2v) is 5.54. The summed E-state index contributed by atoms with van der Waals surface area (Å²) >= 11 is 0. The van der Waals surface area contributed by atoms with Crippen molar-refractivity contribution in [3.8, 4) is 0 Å². The van der Waals surface area contributed by atoms with E-state index in [9.17, 15) is 4.39 Å². The summed E-state index contributed by atoms with van der Waals surface area (Å²) < 4.78 is 13.7. The van der Waals surface area contributed by atoms with E-state index in [-0.39, 0.29) is 5.82 Å². The van der Waals surface area contributed by atoms with Crippen molar-refractivity contribution < 1.29 is 4.39 Å². The minimum Gasteiger partial charge on any atom is -0.369 e. The first-order chi connectivity index (χ1) is 10.8. The van der Waals surface area contributed by atoms with E-state index < -0.39 is 0 Å². The zero-order chi connectivity index (χ0) is 16.4. The zero-order valence-electron chi connectivity index (χ0n) is 14.8. The third kappa shape index (κ3) is 5.28. The molecule has 3 rings (SSSR count). The van der Waals surface area contributed by atoms with Gasteiger partial charge in [0.25, 0.3) is 0 Å². The van der Waals surface area contributed by atoms with Gasteiger partial charge in [-0.2, -0.15) is 0 Å². The van der Waals surface area contributed by atoms with Crippen molar-refractivity contribution in [3.63, 3.8) is 0 Å². The minimum absolute atomic E-state index is 0.0845. The Labute approximate surface area is 136 Å². The van der Waals surface area contributed by atoms with Gasteiger partial charge >= 0.3 is 0 Å². The lowest BCUT2D eigenvalue weighted by atomic mass is 9.94. The Balaban J connectivity index is 0.000000561. The van der Waals surface area contributed by atoms with Crippen molar-refractivity contribution in [1.82, 2.24) is 4.90 Å². The first kappa shape index (κ1) is 19.0. The topological polar surface area (TPSA) is 6.48 Å². The summed E-state index contributed by atoms with van der Waals surface area (Å²) in [5, 5.41) is 0. The van der Waals surface area contributed by atoms with Crippen molar-refractivity contribution in [2.75, 3.05) is 37.6 Å².